The molecule has 0 radical (unpaired) electrons. The SMILES string of the molecule is Cc1ccc2sc3c(-c4cccc(-c5ccc(-c6ccc(C)s6)cc5)c4)cccc3c2c1. The maximum atomic E-state index is 2.33. The third kappa shape index (κ3) is 3.37. The van der Waals surface area contributed by atoms with Crippen LogP contribution in [0.2, 0.25) is 0 Å². The van der Waals surface area contributed by atoms with Crippen LogP contribution in [-0.2, 0) is 0 Å². The molecule has 2 aromatic heterocycles. The van der Waals surface area contributed by atoms with E-state index < -0.39 is 0 Å². The molecule has 32 heavy (non-hydrogen) atoms. The van der Waals surface area contributed by atoms with Gasteiger partial charge in [0.15, 0.2) is 0 Å². The number of fused-ring (bicyclic) bond motifs is 3. The summed E-state index contributed by atoms with van der Waals surface area (Å²) in [4.78, 5) is 2.68. The molecule has 0 aliphatic carbocycles. The lowest BCUT2D eigenvalue weighted by Gasteiger charge is -2.08. The van der Waals surface area contributed by atoms with E-state index in [1.807, 2.05) is 22.7 Å². The van der Waals surface area contributed by atoms with E-state index in [0.29, 0.717) is 0 Å². The highest BCUT2D eigenvalue weighted by Crippen LogP contribution is 2.41. The predicted molar refractivity (Wildman–Crippen MR) is 143 cm³/mol. The Balaban J connectivity index is 1.43. The van der Waals surface area contributed by atoms with Gasteiger partial charge in [0.05, 0.1) is 0 Å². The minimum atomic E-state index is 1.25. The van der Waals surface area contributed by atoms with Crippen LogP contribution in [0.1, 0.15) is 10.4 Å². The number of aryl methyl sites for hydroxylation is 2. The number of thiophene rings is 2. The van der Waals surface area contributed by atoms with Crippen molar-refractivity contribution in [2.45, 2.75) is 13.8 Å². The molecular weight excluding hydrogens is 424 g/mol. The van der Waals surface area contributed by atoms with Gasteiger partial charge >= 0.3 is 0 Å². The lowest BCUT2D eigenvalue weighted by atomic mass is 9.97. The standard InChI is InChI=1S/C30H22S2/c1-19-9-15-29-27(17-19)26-8-4-7-25(30(26)32-29)24-6-3-5-23(18-24)21-11-13-22(14-12-21)28-16-10-20(2)31-28/h3-18H,1-2H3. The molecule has 0 saturated carbocycles. The first-order valence-corrected chi connectivity index (χ1v) is 12.5. The fourth-order valence-corrected chi connectivity index (χ4v) is 6.51. The number of rotatable bonds is 3. The fourth-order valence-electron chi connectivity index (χ4n) is 4.42. The molecule has 0 bridgehead atoms. The van der Waals surface area contributed by atoms with Gasteiger partial charge in [-0.3, -0.25) is 0 Å². The van der Waals surface area contributed by atoms with E-state index in [1.165, 1.54) is 63.3 Å². The summed E-state index contributed by atoms with van der Waals surface area (Å²) in [5, 5.41) is 2.72. The number of benzene rings is 4. The Bertz CT molecular complexity index is 1580. The zero-order valence-corrected chi connectivity index (χ0v) is 19.7. The Kier molecular flexibility index (Phi) is 4.71. The largest absolute Gasteiger partial charge is 0.141 e. The first kappa shape index (κ1) is 19.5. The second kappa shape index (κ2) is 7.74. The summed E-state index contributed by atoms with van der Waals surface area (Å²) in [6, 6.07) is 35.8. The van der Waals surface area contributed by atoms with E-state index in [4.69, 9.17) is 0 Å². The molecule has 6 aromatic rings. The fraction of sp³-hybridized carbons (Fsp3) is 0.0667. The van der Waals surface area contributed by atoms with Gasteiger partial charge in [-0.05, 0) is 72.0 Å². The van der Waals surface area contributed by atoms with Gasteiger partial charge in [-0.25, -0.2) is 0 Å². The lowest BCUT2D eigenvalue weighted by molar-refractivity contribution is 1.52. The highest BCUT2D eigenvalue weighted by molar-refractivity contribution is 7.26. The monoisotopic (exact) mass is 446 g/mol. The number of hydrogen-bond acceptors (Lipinski definition) is 2. The lowest BCUT2D eigenvalue weighted by Crippen LogP contribution is -1.82. The molecule has 0 aliphatic heterocycles. The summed E-state index contributed by atoms with van der Waals surface area (Å²) < 4.78 is 2.72. The molecule has 4 aromatic carbocycles. The predicted octanol–water partition coefficient (Wildman–Crippen LogP) is 9.73. The summed E-state index contributed by atoms with van der Waals surface area (Å²) in [5.74, 6) is 0. The molecule has 0 N–H and O–H groups in total. The Morgan fingerprint density at radius 3 is 2.12 bits per heavy atom. The maximum absolute atomic E-state index is 2.33. The minimum Gasteiger partial charge on any atom is -0.141 e. The zero-order valence-electron chi connectivity index (χ0n) is 18.1. The molecule has 0 aliphatic rings. The zero-order chi connectivity index (χ0) is 21.7. The first-order chi connectivity index (χ1) is 15.7. The van der Waals surface area contributed by atoms with Crippen LogP contribution in [0.15, 0.2) is 97.1 Å². The summed E-state index contributed by atoms with van der Waals surface area (Å²) >= 11 is 3.74. The summed E-state index contributed by atoms with van der Waals surface area (Å²) in [6.07, 6.45) is 0. The van der Waals surface area contributed by atoms with Crippen LogP contribution in [0.5, 0.6) is 0 Å². The number of hydrogen-bond donors (Lipinski definition) is 0. The van der Waals surface area contributed by atoms with E-state index in [1.54, 1.807) is 0 Å². The van der Waals surface area contributed by atoms with Crippen molar-refractivity contribution in [1.82, 2.24) is 0 Å². The molecule has 2 heterocycles. The van der Waals surface area contributed by atoms with Crippen molar-refractivity contribution in [1.29, 1.82) is 0 Å². The van der Waals surface area contributed by atoms with Crippen molar-refractivity contribution in [2.24, 2.45) is 0 Å². The van der Waals surface area contributed by atoms with E-state index in [0.717, 1.165) is 0 Å². The van der Waals surface area contributed by atoms with Crippen LogP contribution in [-0.4, -0.2) is 0 Å². The highest BCUT2D eigenvalue weighted by Gasteiger charge is 2.11. The molecule has 0 nitrogen and oxygen atoms in total. The van der Waals surface area contributed by atoms with Gasteiger partial charge < -0.3 is 0 Å². The minimum absolute atomic E-state index is 1.25. The normalized spacial score (nSPS) is 11.4. The highest BCUT2D eigenvalue weighted by atomic mass is 32.1. The van der Waals surface area contributed by atoms with Crippen molar-refractivity contribution in [3.8, 4) is 32.7 Å². The van der Waals surface area contributed by atoms with Crippen molar-refractivity contribution < 1.29 is 0 Å². The quantitative estimate of drug-likeness (QED) is 0.254. The topological polar surface area (TPSA) is 0 Å². The molecule has 0 spiro atoms. The summed E-state index contributed by atoms with van der Waals surface area (Å²) in [6.45, 7) is 4.33. The van der Waals surface area contributed by atoms with Crippen LogP contribution in [0.25, 0.3) is 52.9 Å². The molecule has 2 heteroatoms. The third-order valence-electron chi connectivity index (χ3n) is 6.07. The van der Waals surface area contributed by atoms with E-state index in [2.05, 4.69) is 111 Å². The van der Waals surface area contributed by atoms with Gasteiger partial charge in [-0.1, -0.05) is 72.3 Å². The van der Waals surface area contributed by atoms with Crippen LogP contribution in [0.4, 0.5) is 0 Å². The van der Waals surface area contributed by atoms with Gasteiger partial charge in [-0.2, -0.15) is 0 Å². The second-order valence-electron chi connectivity index (χ2n) is 8.35. The average Bonchev–Trinajstić information content (AvgIpc) is 3.42. The van der Waals surface area contributed by atoms with E-state index in [-0.39, 0.29) is 0 Å². The Labute approximate surface area is 196 Å². The second-order valence-corrected chi connectivity index (χ2v) is 10.7. The van der Waals surface area contributed by atoms with Gasteiger partial charge in [0.1, 0.15) is 0 Å². The van der Waals surface area contributed by atoms with Crippen molar-refractivity contribution in [3.05, 3.63) is 108 Å². The Hall–Kier alpha value is -3.20. The molecule has 6 rings (SSSR count). The van der Waals surface area contributed by atoms with Crippen LogP contribution in [0.3, 0.4) is 0 Å². The van der Waals surface area contributed by atoms with Gasteiger partial charge in [0.2, 0.25) is 0 Å². The molecule has 0 saturated heterocycles. The smallest absolute Gasteiger partial charge is 0.0433 e. The van der Waals surface area contributed by atoms with E-state index >= 15 is 0 Å². The molecule has 0 amide bonds. The van der Waals surface area contributed by atoms with Crippen molar-refractivity contribution >= 4 is 42.8 Å². The van der Waals surface area contributed by atoms with Crippen LogP contribution >= 0.6 is 22.7 Å². The Morgan fingerprint density at radius 2 is 1.31 bits per heavy atom. The molecular formula is C30H22S2. The van der Waals surface area contributed by atoms with Gasteiger partial charge in [0.25, 0.3) is 0 Å². The van der Waals surface area contributed by atoms with Crippen molar-refractivity contribution in [3.63, 3.8) is 0 Å². The van der Waals surface area contributed by atoms with Gasteiger partial charge in [0, 0.05) is 29.9 Å². The molecule has 0 atom stereocenters. The molecule has 0 unspecified atom stereocenters. The average molecular weight is 447 g/mol. The van der Waals surface area contributed by atoms with Crippen LogP contribution < -0.4 is 0 Å². The van der Waals surface area contributed by atoms with Gasteiger partial charge in [-0.15, -0.1) is 22.7 Å². The maximum Gasteiger partial charge on any atom is 0.0433 e. The third-order valence-corrected chi connectivity index (χ3v) is 8.34. The Morgan fingerprint density at radius 1 is 0.531 bits per heavy atom. The first-order valence-electron chi connectivity index (χ1n) is 10.9. The summed E-state index contributed by atoms with van der Waals surface area (Å²) in [5.41, 5.74) is 7.69. The summed E-state index contributed by atoms with van der Waals surface area (Å²) in [7, 11) is 0. The molecule has 154 valence electrons. The van der Waals surface area contributed by atoms with Crippen molar-refractivity contribution in [2.75, 3.05) is 0 Å². The molecule has 0 fully saturated rings. The van der Waals surface area contributed by atoms with Crippen LogP contribution in [0, 0.1) is 13.8 Å². The van der Waals surface area contributed by atoms with E-state index in [9.17, 15) is 0 Å².